The van der Waals surface area contributed by atoms with E-state index in [-0.39, 0.29) is 0 Å². The molecule has 4 aliphatic carbocycles. The summed E-state index contributed by atoms with van der Waals surface area (Å²) in [5.41, 5.74) is 2.03. The highest BCUT2D eigenvalue weighted by molar-refractivity contribution is 7.58. The number of nitrogens with zero attached hydrogens (tertiary/aromatic N) is 1. The third-order valence-corrected chi connectivity index (χ3v) is 9.54. The van der Waals surface area contributed by atoms with Crippen molar-refractivity contribution in [1.82, 2.24) is 4.90 Å². The molecule has 2 saturated carbocycles. The molecule has 0 saturated heterocycles. The van der Waals surface area contributed by atoms with Gasteiger partial charge in [-0.2, -0.15) is 0 Å². The zero-order valence-corrected chi connectivity index (χ0v) is 19.3. The van der Waals surface area contributed by atoms with E-state index in [1.165, 1.54) is 44.9 Å². The molecule has 0 N–H and O–H groups in total. The van der Waals surface area contributed by atoms with Crippen LogP contribution in [0.3, 0.4) is 0 Å². The lowest BCUT2D eigenvalue weighted by atomic mass is 9.49. The molecule has 5 heteroatoms. The van der Waals surface area contributed by atoms with Crippen LogP contribution in [-0.4, -0.2) is 37.2 Å². The molecule has 0 aromatic carbocycles. The summed E-state index contributed by atoms with van der Waals surface area (Å²) in [6.45, 7) is 15.1. The van der Waals surface area contributed by atoms with E-state index in [1.54, 1.807) is 5.57 Å². The van der Waals surface area contributed by atoms with Crippen molar-refractivity contribution >= 4 is 7.60 Å². The van der Waals surface area contributed by atoms with E-state index in [0.29, 0.717) is 42.4 Å². The Hall–Kier alpha value is -0.410. The van der Waals surface area contributed by atoms with Crippen LogP contribution in [0.4, 0.5) is 0 Å². The third-order valence-electron chi connectivity index (χ3n) is 7.43. The predicted octanol–water partition coefficient (Wildman–Crippen LogP) is 6.39. The highest BCUT2D eigenvalue weighted by Gasteiger charge is 2.51. The van der Waals surface area contributed by atoms with Crippen LogP contribution < -0.4 is 0 Å². The third kappa shape index (κ3) is 4.51. The maximum Gasteiger partial charge on any atom is 0.358 e. The van der Waals surface area contributed by atoms with Crippen LogP contribution in [0.15, 0.2) is 23.5 Å². The molecule has 2 atom stereocenters. The largest absolute Gasteiger partial charge is 0.358 e. The molecule has 0 spiro atoms. The van der Waals surface area contributed by atoms with Crippen LogP contribution in [-0.2, 0) is 13.6 Å². The number of rotatable bonds is 10. The smallest absolute Gasteiger partial charge is 0.306 e. The molecular formula is C23H40NO3P. The molecule has 4 aliphatic rings. The normalized spacial score (nSPS) is 27.4. The van der Waals surface area contributed by atoms with Crippen LogP contribution in [0, 0.1) is 17.3 Å². The predicted molar refractivity (Wildman–Crippen MR) is 117 cm³/mol. The van der Waals surface area contributed by atoms with Gasteiger partial charge in [-0.3, -0.25) is 9.46 Å². The van der Waals surface area contributed by atoms with E-state index >= 15 is 0 Å². The summed E-state index contributed by atoms with van der Waals surface area (Å²) in [5.74, 6) is 1.56. The Morgan fingerprint density at radius 2 is 1.86 bits per heavy atom. The van der Waals surface area contributed by atoms with Crippen molar-refractivity contribution < 1.29 is 13.6 Å². The Bertz CT molecular complexity index is 626. The van der Waals surface area contributed by atoms with Crippen LogP contribution in [0.25, 0.3) is 0 Å². The Balaban J connectivity index is 1.75. The van der Waals surface area contributed by atoms with Gasteiger partial charge in [-0.05, 0) is 56.8 Å². The molecule has 0 aromatic rings. The van der Waals surface area contributed by atoms with Gasteiger partial charge >= 0.3 is 7.60 Å². The van der Waals surface area contributed by atoms with Crippen molar-refractivity contribution in [2.24, 2.45) is 17.3 Å². The van der Waals surface area contributed by atoms with Crippen molar-refractivity contribution in [1.29, 1.82) is 0 Å². The average Bonchev–Trinajstić information content (AvgIpc) is 2.68. The first-order valence-corrected chi connectivity index (χ1v) is 12.9. The standard InChI is InChI=1S/C23H40NO3P/c1-6-26-28(25,27-7-2)18(3)16-24(21-11-9-8-10-12-21)17-19-13-14-20-15-22(19)23(20,4)5/h13,20-22H,3,6-12,14-17H2,1-2,4-5H3. The Kier molecular flexibility index (Phi) is 7.29. The second-order valence-electron chi connectivity index (χ2n) is 9.42. The second-order valence-corrected chi connectivity index (χ2v) is 11.6. The lowest BCUT2D eigenvalue weighted by molar-refractivity contribution is -0.0121. The molecule has 0 amide bonds. The maximum atomic E-state index is 13.2. The molecule has 160 valence electrons. The Morgan fingerprint density at radius 3 is 2.39 bits per heavy atom. The first-order chi connectivity index (χ1) is 13.3. The fourth-order valence-electron chi connectivity index (χ4n) is 5.53. The number of allylic oxidation sites excluding steroid dienone is 1. The quantitative estimate of drug-likeness (QED) is 0.309. The summed E-state index contributed by atoms with van der Waals surface area (Å²) in [4.78, 5) is 2.53. The van der Waals surface area contributed by atoms with Gasteiger partial charge in [0.2, 0.25) is 0 Å². The summed E-state index contributed by atoms with van der Waals surface area (Å²) in [5, 5.41) is 0.615. The van der Waals surface area contributed by atoms with E-state index in [4.69, 9.17) is 9.05 Å². The lowest BCUT2D eigenvalue weighted by Gasteiger charge is -2.57. The van der Waals surface area contributed by atoms with Crippen LogP contribution in [0.2, 0.25) is 0 Å². The lowest BCUT2D eigenvalue weighted by Crippen LogP contribution is -2.51. The first-order valence-electron chi connectivity index (χ1n) is 11.3. The van der Waals surface area contributed by atoms with E-state index < -0.39 is 7.60 Å². The minimum absolute atomic E-state index is 0.378. The van der Waals surface area contributed by atoms with E-state index in [2.05, 4.69) is 31.4 Å². The van der Waals surface area contributed by atoms with Crippen LogP contribution >= 0.6 is 7.60 Å². The van der Waals surface area contributed by atoms with Gasteiger partial charge < -0.3 is 9.05 Å². The van der Waals surface area contributed by atoms with Gasteiger partial charge in [-0.1, -0.05) is 51.3 Å². The van der Waals surface area contributed by atoms with Gasteiger partial charge in [0.1, 0.15) is 0 Å². The molecule has 2 unspecified atom stereocenters. The average molecular weight is 410 g/mol. The highest BCUT2D eigenvalue weighted by atomic mass is 31.2. The Morgan fingerprint density at radius 1 is 1.21 bits per heavy atom. The van der Waals surface area contributed by atoms with E-state index in [0.717, 1.165) is 12.5 Å². The zero-order valence-electron chi connectivity index (χ0n) is 18.4. The fraction of sp³-hybridized carbons (Fsp3) is 0.826. The van der Waals surface area contributed by atoms with Gasteiger partial charge in [-0.25, -0.2) is 0 Å². The monoisotopic (exact) mass is 409 g/mol. The van der Waals surface area contributed by atoms with Gasteiger partial charge in [0.15, 0.2) is 0 Å². The summed E-state index contributed by atoms with van der Waals surface area (Å²) in [6, 6.07) is 0.545. The minimum atomic E-state index is -3.26. The fourth-order valence-corrected chi connectivity index (χ4v) is 7.01. The summed E-state index contributed by atoms with van der Waals surface area (Å²) in [7, 11) is -3.26. The van der Waals surface area contributed by atoms with Crippen molar-refractivity contribution in [2.75, 3.05) is 26.3 Å². The van der Waals surface area contributed by atoms with E-state index in [1.807, 2.05) is 13.8 Å². The van der Waals surface area contributed by atoms with Gasteiger partial charge in [0.25, 0.3) is 0 Å². The molecule has 0 aromatic heterocycles. The molecule has 28 heavy (non-hydrogen) atoms. The zero-order chi connectivity index (χ0) is 20.4. The number of fused-ring (bicyclic) bond motifs is 1. The van der Waals surface area contributed by atoms with Gasteiger partial charge in [-0.15, -0.1) is 0 Å². The highest BCUT2D eigenvalue weighted by Crippen LogP contribution is 2.60. The Labute approximate surface area is 172 Å². The van der Waals surface area contributed by atoms with Gasteiger partial charge in [0, 0.05) is 24.4 Å². The topological polar surface area (TPSA) is 38.8 Å². The summed E-state index contributed by atoms with van der Waals surface area (Å²) < 4.78 is 24.3. The van der Waals surface area contributed by atoms with Crippen LogP contribution in [0.5, 0.6) is 0 Å². The summed E-state index contributed by atoms with van der Waals surface area (Å²) >= 11 is 0. The molecular weight excluding hydrogens is 369 g/mol. The van der Waals surface area contributed by atoms with Crippen molar-refractivity contribution in [3.8, 4) is 0 Å². The van der Waals surface area contributed by atoms with Crippen molar-refractivity contribution in [3.63, 3.8) is 0 Å². The molecule has 0 radical (unpaired) electrons. The molecule has 4 nitrogen and oxygen atoms in total. The van der Waals surface area contributed by atoms with Gasteiger partial charge in [0.05, 0.1) is 13.2 Å². The molecule has 0 aliphatic heterocycles. The molecule has 2 fully saturated rings. The molecule has 4 rings (SSSR count). The minimum Gasteiger partial charge on any atom is -0.306 e. The van der Waals surface area contributed by atoms with Crippen molar-refractivity contribution in [3.05, 3.63) is 23.5 Å². The second kappa shape index (κ2) is 9.16. The molecule has 2 bridgehead atoms. The van der Waals surface area contributed by atoms with Crippen molar-refractivity contribution in [2.45, 2.75) is 78.7 Å². The molecule has 0 heterocycles. The number of hydrogen-bond donors (Lipinski definition) is 0. The number of hydrogen-bond acceptors (Lipinski definition) is 4. The SMILES string of the molecule is C=C(CN(CC1=CCC2CC1C2(C)C)C1CCCCC1)P(=O)(OCC)OCC. The van der Waals surface area contributed by atoms with Crippen LogP contribution in [0.1, 0.15) is 72.6 Å². The van der Waals surface area contributed by atoms with E-state index in [9.17, 15) is 4.57 Å². The first kappa shape index (κ1) is 22.3. The maximum absolute atomic E-state index is 13.2. The summed E-state index contributed by atoms with van der Waals surface area (Å²) in [6.07, 6.45) is 11.4.